The quantitative estimate of drug-likeness (QED) is 0.607. The first-order valence-electron chi connectivity index (χ1n) is 7.65. The minimum atomic E-state index is 0.0986. The summed E-state index contributed by atoms with van der Waals surface area (Å²) in [6, 6.07) is 14.7. The lowest BCUT2D eigenvalue weighted by Gasteiger charge is -2.22. The first-order valence-corrected chi connectivity index (χ1v) is 8.53. The van der Waals surface area contributed by atoms with E-state index >= 15 is 0 Å². The molecule has 1 aromatic heterocycles. The Labute approximate surface area is 137 Å². The molecule has 3 N–H and O–H groups in total. The highest BCUT2D eigenvalue weighted by Crippen LogP contribution is 2.22. The van der Waals surface area contributed by atoms with Crippen LogP contribution in [0, 0.1) is 5.41 Å². The summed E-state index contributed by atoms with van der Waals surface area (Å²) in [6.07, 6.45) is 1.99. The van der Waals surface area contributed by atoms with E-state index in [0.29, 0.717) is 5.96 Å². The second kappa shape index (κ2) is 7.99. The lowest BCUT2D eigenvalue weighted by atomic mass is 9.86. The predicted molar refractivity (Wildman–Crippen MR) is 96.4 cm³/mol. The summed E-state index contributed by atoms with van der Waals surface area (Å²) in [5.41, 5.74) is 7.39. The molecule has 4 heteroatoms. The van der Waals surface area contributed by atoms with Gasteiger partial charge in [-0.05, 0) is 35.3 Å². The van der Waals surface area contributed by atoms with Gasteiger partial charge in [0.15, 0.2) is 5.96 Å². The van der Waals surface area contributed by atoms with E-state index in [2.05, 4.69) is 65.9 Å². The van der Waals surface area contributed by atoms with Gasteiger partial charge in [0, 0.05) is 18.0 Å². The Morgan fingerprint density at radius 3 is 2.64 bits per heavy atom. The maximum atomic E-state index is 5.96. The van der Waals surface area contributed by atoms with Gasteiger partial charge in [0.2, 0.25) is 0 Å². The zero-order chi connectivity index (χ0) is 15.8. The molecule has 0 aliphatic carbocycles. The van der Waals surface area contributed by atoms with Crippen LogP contribution in [0.1, 0.15) is 24.3 Å². The fourth-order valence-electron chi connectivity index (χ4n) is 2.33. The van der Waals surface area contributed by atoms with Crippen molar-refractivity contribution >= 4 is 17.3 Å². The van der Waals surface area contributed by atoms with Crippen molar-refractivity contribution in [2.24, 2.45) is 16.1 Å². The minimum Gasteiger partial charge on any atom is -0.370 e. The zero-order valence-electron chi connectivity index (χ0n) is 13.4. The standard InChI is InChI=1S/C18H25N3S/c1-18(2,13-15-7-4-3-5-8-15)14-21-17(19)20-11-10-16-9-6-12-22-16/h3-9,12H,10-11,13-14H2,1-2H3,(H3,19,20,21). The summed E-state index contributed by atoms with van der Waals surface area (Å²) in [4.78, 5) is 5.86. The fourth-order valence-corrected chi connectivity index (χ4v) is 3.04. The van der Waals surface area contributed by atoms with Crippen molar-refractivity contribution in [1.29, 1.82) is 0 Å². The molecule has 0 aliphatic rings. The van der Waals surface area contributed by atoms with E-state index in [-0.39, 0.29) is 5.41 Å². The van der Waals surface area contributed by atoms with Gasteiger partial charge < -0.3 is 11.1 Å². The first-order chi connectivity index (χ1) is 10.6. The van der Waals surface area contributed by atoms with E-state index in [1.807, 2.05) is 6.07 Å². The highest BCUT2D eigenvalue weighted by Gasteiger charge is 2.18. The van der Waals surface area contributed by atoms with Gasteiger partial charge in [0.05, 0.1) is 0 Å². The van der Waals surface area contributed by atoms with Crippen LogP contribution in [0.4, 0.5) is 0 Å². The Kier molecular flexibility index (Phi) is 6.01. The second-order valence-electron chi connectivity index (χ2n) is 6.28. The Bertz CT molecular complexity index is 574. The number of nitrogens with zero attached hydrogens (tertiary/aromatic N) is 1. The third kappa shape index (κ3) is 5.90. The van der Waals surface area contributed by atoms with E-state index in [4.69, 9.17) is 5.73 Å². The van der Waals surface area contributed by atoms with Gasteiger partial charge in [0.1, 0.15) is 0 Å². The largest absolute Gasteiger partial charge is 0.370 e. The topological polar surface area (TPSA) is 50.4 Å². The SMILES string of the molecule is CC(C)(CN=C(N)NCCc1cccs1)Cc1ccccc1. The van der Waals surface area contributed by atoms with Crippen LogP contribution in [0.25, 0.3) is 0 Å². The van der Waals surface area contributed by atoms with Gasteiger partial charge in [-0.15, -0.1) is 11.3 Å². The molecular weight excluding hydrogens is 290 g/mol. The molecule has 1 aromatic carbocycles. The molecule has 2 aromatic rings. The molecule has 2 rings (SSSR count). The minimum absolute atomic E-state index is 0.0986. The molecule has 0 saturated carbocycles. The normalized spacial score (nSPS) is 12.4. The Morgan fingerprint density at radius 1 is 1.18 bits per heavy atom. The van der Waals surface area contributed by atoms with Crippen LogP contribution < -0.4 is 11.1 Å². The van der Waals surface area contributed by atoms with E-state index < -0.39 is 0 Å². The van der Waals surface area contributed by atoms with Crippen molar-refractivity contribution in [3.8, 4) is 0 Å². The molecule has 0 unspecified atom stereocenters. The van der Waals surface area contributed by atoms with Crippen LogP contribution >= 0.6 is 11.3 Å². The molecule has 3 nitrogen and oxygen atoms in total. The molecule has 0 spiro atoms. The summed E-state index contributed by atoms with van der Waals surface area (Å²) in [5, 5.41) is 5.29. The van der Waals surface area contributed by atoms with E-state index in [0.717, 1.165) is 25.9 Å². The number of thiophene rings is 1. The van der Waals surface area contributed by atoms with Crippen LogP contribution in [0.2, 0.25) is 0 Å². The summed E-state index contributed by atoms with van der Waals surface area (Å²) >= 11 is 1.77. The van der Waals surface area contributed by atoms with Crippen molar-refractivity contribution in [3.63, 3.8) is 0 Å². The first kappa shape index (κ1) is 16.6. The number of nitrogens with one attached hydrogen (secondary N) is 1. The summed E-state index contributed by atoms with van der Waals surface area (Å²) in [5.74, 6) is 0.540. The number of guanidine groups is 1. The Hall–Kier alpha value is -1.81. The lowest BCUT2D eigenvalue weighted by molar-refractivity contribution is 0.377. The predicted octanol–water partition coefficient (Wildman–Crippen LogP) is 3.46. The van der Waals surface area contributed by atoms with Crippen LogP contribution in [0.5, 0.6) is 0 Å². The van der Waals surface area contributed by atoms with Crippen molar-refractivity contribution < 1.29 is 0 Å². The number of aliphatic imine (C=N–C) groups is 1. The van der Waals surface area contributed by atoms with E-state index in [1.54, 1.807) is 11.3 Å². The maximum Gasteiger partial charge on any atom is 0.188 e. The maximum absolute atomic E-state index is 5.96. The van der Waals surface area contributed by atoms with Crippen molar-refractivity contribution in [3.05, 3.63) is 58.3 Å². The van der Waals surface area contributed by atoms with Crippen molar-refractivity contribution in [2.45, 2.75) is 26.7 Å². The van der Waals surface area contributed by atoms with E-state index in [9.17, 15) is 0 Å². The molecule has 0 radical (unpaired) electrons. The third-order valence-electron chi connectivity index (χ3n) is 3.46. The molecule has 0 bridgehead atoms. The number of benzene rings is 1. The highest BCUT2D eigenvalue weighted by atomic mass is 32.1. The third-order valence-corrected chi connectivity index (χ3v) is 4.40. The summed E-state index contributed by atoms with van der Waals surface area (Å²) in [6.45, 7) is 6.00. The monoisotopic (exact) mass is 315 g/mol. The molecule has 0 amide bonds. The molecule has 0 atom stereocenters. The molecular formula is C18H25N3S. The van der Waals surface area contributed by atoms with Crippen molar-refractivity contribution in [1.82, 2.24) is 5.32 Å². The number of nitrogens with two attached hydrogens (primary N) is 1. The van der Waals surface area contributed by atoms with Gasteiger partial charge in [-0.3, -0.25) is 4.99 Å². The van der Waals surface area contributed by atoms with Gasteiger partial charge in [0.25, 0.3) is 0 Å². The van der Waals surface area contributed by atoms with Crippen LogP contribution in [-0.2, 0) is 12.8 Å². The Morgan fingerprint density at radius 2 is 1.95 bits per heavy atom. The molecule has 0 aliphatic heterocycles. The highest BCUT2D eigenvalue weighted by molar-refractivity contribution is 7.09. The Balaban J connectivity index is 1.76. The number of hydrogen-bond donors (Lipinski definition) is 2. The molecule has 22 heavy (non-hydrogen) atoms. The smallest absolute Gasteiger partial charge is 0.188 e. The molecule has 0 saturated heterocycles. The second-order valence-corrected chi connectivity index (χ2v) is 7.32. The van der Waals surface area contributed by atoms with Gasteiger partial charge in [-0.1, -0.05) is 50.2 Å². The number of rotatable bonds is 7. The lowest BCUT2D eigenvalue weighted by Crippen LogP contribution is -2.34. The summed E-state index contributed by atoms with van der Waals surface area (Å²) < 4.78 is 0. The number of hydrogen-bond acceptors (Lipinski definition) is 2. The van der Waals surface area contributed by atoms with Crippen LogP contribution in [0.3, 0.4) is 0 Å². The fraction of sp³-hybridized carbons (Fsp3) is 0.389. The average Bonchev–Trinajstić information content (AvgIpc) is 2.99. The zero-order valence-corrected chi connectivity index (χ0v) is 14.2. The van der Waals surface area contributed by atoms with Gasteiger partial charge >= 0.3 is 0 Å². The van der Waals surface area contributed by atoms with E-state index in [1.165, 1.54) is 10.4 Å². The summed E-state index contributed by atoms with van der Waals surface area (Å²) in [7, 11) is 0. The van der Waals surface area contributed by atoms with Crippen LogP contribution in [0.15, 0.2) is 52.8 Å². The van der Waals surface area contributed by atoms with Crippen LogP contribution in [-0.4, -0.2) is 19.0 Å². The van der Waals surface area contributed by atoms with Crippen molar-refractivity contribution in [2.75, 3.05) is 13.1 Å². The molecule has 118 valence electrons. The average molecular weight is 315 g/mol. The van der Waals surface area contributed by atoms with Gasteiger partial charge in [-0.2, -0.15) is 0 Å². The molecule has 1 heterocycles. The van der Waals surface area contributed by atoms with Gasteiger partial charge in [-0.25, -0.2) is 0 Å². The molecule has 0 fully saturated rings.